The first-order chi connectivity index (χ1) is 8.52. The number of nitrogens with two attached hydrogens (primary N) is 1. The zero-order chi connectivity index (χ0) is 13.5. The van der Waals surface area contributed by atoms with E-state index in [2.05, 4.69) is 5.32 Å². The number of aryl methyl sites for hydroxylation is 1. The van der Waals surface area contributed by atoms with Gasteiger partial charge in [0, 0.05) is 19.0 Å². The summed E-state index contributed by atoms with van der Waals surface area (Å²) in [5.41, 5.74) is 6.29. The lowest BCUT2D eigenvalue weighted by molar-refractivity contribution is -0.121. The van der Waals surface area contributed by atoms with Gasteiger partial charge in [-0.05, 0) is 31.0 Å². The van der Waals surface area contributed by atoms with Gasteiger partial charge in [0.25, 0.3) is 0 Å². The molecule has 0 saturated heterocycles. The molecule has 1 atom stereocenters. The van der Waals surface area contributed by atoms with Crippen molar-refractivity contribution in [3.8, 4) is 5.75 Å². The molecule has 0 bridgehead atoms. The Bertz CT molecular complexity index is 408. The average molecular weight is 254 g/mol. The van der Waals surface area contributed by atoms with Crippen LogP contribution < -0.4 is 15.8 Å². The van der Waals surface area contributed by atoms with Crippen molar-refractivity contribution in [3.05, 3.63) is 29.6 Å². The molecular formula is C13H19FN2O2. The molecule has 0 radical (unpaired) electrons. The van der Waals surface area contributed by atoms with Gasteiger partial charge in [0.05, 0.1) is 7.11 Å². The van der Waals surface area contributed by atoms with E-state index in [1.165, 1.54) is 13.2 Å². The highest BCUT2D eigenvalue weighted by molar-refractivity contribution is 5.76. The van der Waals surface area contributed by atoms with Crippen molar-refractivity contribution in [1.29, 1.82) is 0 Å². The molecule has 1 aromatic carbocycles. The zero-order valence-electron chi connectivity index (χ0n) is 10.7. The molecular weight excluding hydrogens is 235 g/mol. The number of benzene rings is 1. The van der Waals surface area contributed by atoms with Gasteiger partial charge < -0.3 is 15.8 Å². The highest BCUT2D eigenvalue weighted by Gasteiger charge is 2.06. The quantitative estimate of drug-likeness (QED) is 0.802. The highest BCUT2D eigenvalue weighted by atomic mass is 19.1. The van der Waals surface area contributed by atoms with Crippen LogP contribution in [0.3, 0.4) is 0 Å². The van der Waals surface area contributed by atoms with Gasteiger partial charge in [-0.3, -0.25) is 4.79 Å². The predicted octanol–water partition coefficient (Wildman–Crippen LogP) is 1.23. The van der Waals surface area contributed by atoms with E-state index in [9.17, 15) is 9.18 Å². The fraction of sp³-hybridized carbons (Fsp3) is 0.462. The van der Waals surface area contributed by atoms with Gasteiger partial charge in [0.15, 0.2) is 11.6 Å². The van der Waals surface area contributed by atoms with Crippen LogP contribution in [0, 0.1) is 5.82 Å². The smallest absolute Gasteiger partial charge is 0.220 e. The number of amides is 1. The van der Waals surface area contributed by atoms with Gasteiger partial charge in [0.1, 0.15) is 0 Å². The van der Waals surface area contributed by atoms with E-state index in [-0.39, 0.29) is 17.7 Å². The molecule has 0 aliphatic rings. The summed E-state index contributed by atoms with van der Waals surface area (Å²) < 4.78 is 18.2. The van der Waals surface area contributed by atoms with Crippen LogP contribution in [0.1, 0.15) is 18.9 Å². The van der Waals surface area contributed by atoms with E-state index in [1.807, 2.05) is 6.92 Å². The number of nitrogens with one attached hydrogen (secondary N) is 1. The zero-order valence-corrected chi connectivity index (χ0v) is 10.7. The minimum absolute atomic E-state index is 0.0626. The van der Waals surface area contributed by atoms with Crippen LogP contribution in [0.15, 0.2) is 18.2 Å². The number of methoxy groups -OCH3 is 1. The summed E-state index contributed by atoms with van der Waals surface area (Å²) in [6.45, 7) is 2.27. The molecule has 1 amide bonds. The number of carbonyl (C=O) groups is 1. The molecule has 1 unspecified atom stereocenters. The third-order valence-electron chi connectivity index (χ3n) is 2.48. The van der Waals surface area contributed by atoms with Gasteiger partial charge >= 0.3 is 0 Å². The molecule has 0 heterocycles. The van der Waals surface area contributed by atoms with Crippen molar-refractivity contribution >= 4 is 5.91 Å². The molecule has 3 N–H and O–H groups in total. The van der Waals surface area contributed by atoms with E-state index in [4.69, 9.17) is 10.5 Å². The molecule has 0 saturated carbocycles. The van der Waals surface area contributed by atoms with E-state index in [1.54, 1.807) is 12.1 Å². The second-order valence-electron chi connectivity index (χ2n) is 4.25. The Hall–Kier alpha value is -1.62. The third-order valence-corrected chi connectivity index (χ3v) is 2.48. The first-order valence-electron chi connectivity index (χ1n) is 5.87. The Morgan fingerprint density at radius 2 is 2.28 bits per heavy atom. The monoisotopic (exact) mass is 254 g/mol. The summed E-state index contributed by atoms with van der Waals surface area (Å²) in [4.78, 5) is 11.4. The van der Waals surface area contributed by atoms with Crippen LogP contribution in [0.5, 0.6) is 5.75 Å². The Morgan fingerprint density at radius 1 is 1.56 bits per heavy atom. The highest BCUT2D eigenvalue weighted by Crippen LogP contribution is 2.18. The van der Waals surface area contributed by atoms with Crippen LogP contribution in [0.2, 0.25) is 0 Å². The topological polar surface area (TPSA) is 64.3 Å². The van der Waals surface area contributed by atoms with Crippen LogP contribution >= 0.6 is 0 Å². The Morgan fingerprint density at radius 3 is 2.83 bits per heavy atom. The first kappa shape index (κ1) is 14.4. The van der Waals surface area contributed by atoms with Crippen molar-refractivity contribution in [2.45, 2.75) is 25.8 Å². The maximum Gasteiger partial charge on any atom is 0.220 e. The van der Waals surface area contributed by atoms with Gasteiger partial charge in [-0.2, -0.15) is 0 Å². The van der Waals surface area contributed by atoms with E-state index >= 15 is 0 Å². The number of ether oxygens (including phenoxy) is 1. The molecule has 18 heavy (non-hydrogen) atoms. The fourth-order valence-electron chi connectivity index (χ4n) is 1.49. The lowest BCUT2D eigenvalue weighted by Crippen LogP contribution is -2.35. The normalized spacial score (nSPS) is 12.0. The number of hydrogen-bond acceptors (Lipinski definition) is 3. The Kier molecular flexibility index (Phi) is 5.58. The van der Waals surface area contributed by atoms with Gasteiger partial charge in [-0.15, -0.1) is 0 Å². The summed E-state index contributed by atoms with van der Waals surface area (Å²) >= 11 is 0. The van der Waals surface area contributed by atoms with E-state index in [0.717, 1.165) is 5.56 Å². The van der Waals surface area contributed by atoms with Crippen LogP contribution in [-0.4, -0.2) is 25.6 Å². The van der Waals surface area contributed by atoms with Crippen molar-refractivity contribution in [3.63, 3.8) is 0 Å². The maximum absolute atomic E-state index is 13.4. The molecule has 100 valence electrons. The van der Waals surface area contributed by atoms with Gasteiger partial charge in [-0.1, -0.05) is 6.07 Å². The van der Waals surface area contributed by atoms with Crippen LogP contribution in [0.4, 0.5) is 4.39 Å². The molecule has 5 heteroatoms. The van der Waals surface area contributed by atoms with Gasteiger partial charge in [0.2, 0.25) is 5.91 Å². The number of carbonyl (C=O) groups excluding carboxylic acids is 1. The molecule has 4 nitrogen and oxygen atoms in total. The second-order valence-corrected chi connectivity index (χ2v) is 4.25. The summed E-state index contributed by atoms with van der Waals surface area (Å²) in [5.74, 6) is -0.283. The summed E-state index contributed by atoms with van der Waals surface area (Å²) in [6, 6.07) is 4.63. The number of rotatable bonds is 6. The third kappa shape index (κ3) is 4.71. The minimum Gasteiger partial charge on any atom is -0.494 e. The number of halogens is 1. The van der Waals surface area contributed by atoms with Crippen LogP contribution in [-0.2, 0) is 11.2 Å². The Labute approximate surface area is 106 Å². The van der Waals surface area contributed by atoms with Crippen molar-refractivity contribution in [2.24, 2.45) is 5.73 Å². The summed E-state index contributed by atoms with van der Waals surface area (Å²) in [7, 11) is 1.42. The molecule has 0 aliphatic carbocycles. The largest absolute Gasteiger partial charge is 0.494 e. The van der Waals surface area contributed by atoms with Crippen molar-refractivity contribution in [2.75, 3.05) is 13.7 Å². The van der Waals surface area contributed by atoms with Crippen LogP contribution in [0.25, 0.3) is 0 Å². The standard InChI is InChI=1S/C13H19FN2O2/c1-9(15)8-16-13(17)6-4-10-3-5-12(18-2)11(14)7-10/h3,5,7,9H,4,6,8,15H2,1-2H3,(H,16,17). The Balaban J connectivity index is 2.43. The SMILES string of the molecule is COc1ccc(CCC(=O)NCC(C)N)cc1F. The molecule has 0 fully saturated rings. The average Bonchev–Trinajstić information content (AvgIpc) is 2.34. The van der Waals surface area contributed by atoms with E-state index < -0.39 is 5.82 Å². The first-order valence-corrected chi connectivity index (χ1v) is 5.87. The molecule has 1 rings (SSSR count). The summed E-state index contributed by atoms with van der Waals surface area (Å²) in [6.07, 6.45) is 0.810. The number of hydrogen-bond donors (Lipinski definition) is 2. The summed E-state index contributed by atoms with van der Waals surface area (Å²) in [5, 5.41) is 2.71. The predicted molar refractivity (Wildman–Crippen MR) is 67.9 cm³/mol. The molecule has 1 aromatic rings. The lowest BCUT2D eigenvalue weighted by Gasteiger charge is -2.08. The van der Waals surface area contributed by atoms with E-state index in [0.29, 0.717) is 19.4 Å². The lowest BCUT2D eigenvalue weighted by atomic mass is 10.1. The van der Waals surface area contributed by atoms with Gasteiger partial charge in [-0.25, -0.2) is 4.39 Å². The van der Waals surface area contributed by atoms with Crippen molar-refractivity contribution < 1.29 is 13.9 Å². The fourth-order valence-corrected chi connectivity index (χ4v) is 1.49. The second kappa shape index (κ2) is 6.96. The minimum atomic E-state index is -0.411. The molecule has 0 aromatic heterocycles. The molecule has 0 aliphatic heterocycles. The molecule has 0 spiro atoms. The maximum atomic E-state index is 13.4. The van der Waals surface area contributed by atoms with Crippen molar-refractivity contribution in [1.82, 2.24) is 5.32 Å².